The van der Waals surface area contributed by atoms with Crippen LogP contribution in [0.5, 0.6) is 0 Å². The Balaban J connectivity index is 1.82. The van der Waals surface area contributed by atoms with Gasteiger partial charge in [-0.05, 0) is 37.1 Å². The number of hydrogen-bond acceptors (Lipinski definition) is 4. The second kappa shape index (κ2) is 7.37. The molecule has 0 aliphatic carbocycles. The first kappa shape index (κ1) is 18.7. The smallest absolute Gasteiger partial charge is 0.278 e. The van der Waals surface area contributed by atoms with Gasteiger partial charge in [0.25, 0.3) is 5.91 Å². The van der Waals surface area contributed by atoms with Gasteiger partial charge < -0.3 is 0 Å². The molecule has 5 nitrogen and oxygen atoms in total. The average molecular weight is 411 g/mol. The van der Waals surface area contributed by atoms with Crippen LogP contribution in [-0.4, -0.2) is 20.7 Å². The van der Waals surface area contributed by atoms with Gasteiger partial charge in [-0.3, -0.25) is 14.4 Å². The molecule has 142 valence electrons. The number of amides is 1. The van der Waals surface area contributed by atoms with E-state index < -0.39 is 0 Å². The summed E-state index contributed by atoms with van der Waals surface area (Å²) in [5, 5.41) is 5.68. The largest absolute Gasteiger partial charge is 0.281 e. The van der Waals surface area contributed by atoms with Crippen molar-refractivity contribution in [2.24, 2.45) is 7.05 Å². The fraction of sp³-hybridized carbons (Fsp3) is 0.190. The summed E-state index contributed by atoms with van der Waals surface area (Å²) in [6.07, 6.45) is 1.84. The van der Waals surface area contributed by atoms with E-state index in [-0.39, 0.29) is 5.91 Å². The molecule has 28 heavy (non-hydrogen) atoms. The number of hydrogen-bond donors (Lipinski definition) is 0. The normalized spacial score (nSPS) is 11.1. The van der Waals surface area contributed by atoms with Crippen LogP contribution in [-0.2, 0) is 13.6 Å². The Bertz CT molecular complexity index is 1170. The molecule has 7 heteroatoms. The van der Waals surface area contributed by atoms with Crippen molar-refractivity contribution >= 4 is 44.2 Å². The molecule has 4 rings (SSSR count). The van der Waals surface area contributed by atoms with E-state index in [2.05, 4.69) is 5.10 Å². The van der Waals surface area contributed by atoms with E-state index in [1.807, 2.05) is 69.6 Å². The van der Waals surface area contributed by atoms with Crippen molar-refractivity contribution in [2.75, 3.05) is 4.90 Å². The van der Waals surface area contributed by atoms with E-state index in [9.17, 15) is 4.79 Å². The van der Waals surface area contributed by atoms with Crippen LogP contribution >= 0.6 is 22.9 Å². The molecule has 0 aliphatic rings. The monoisotopic (exact) mass is 410 g/mol. The number of carbonyl (C=O) groups excluding carboxylic acids is 1. The lowest BCUT2D eigenvalue weighted by molar-refractivity contribution is 0.0979. The zero-order valence-electron chi connectivity index (χ0n) is 15.8. The molecule has 0 radical (unpaired) electrons. The highest BCUT2D eigenvalue weighted by Crippen LogP contribution is 2.34. The summed E-state index contributed by atoms with van der Waals surface area (Å²) in [4.78, 5) is 19.9. The predicted molar refractivity (Wildman–Crippen MR) is 114 cm³/mol. The molecule has 1 amide bonds. The molecular weight excluding hydrogens is 392 g/mol. The second-order valence-electron chi connectivity index (χ2n) is 6.73. The van der Waals surface area contributed by atoms with Gasteiger partial charge in [0, 0.05) is 23.8 Å². The summed E-state index contributed by atoms with van der Waals surface area (Å²) in [6, 6.07) is 13.7. The highest BCUT2D eigenvalue weighted by Gasteiger charge is 2.25. The van der Waals surface area contributed by atoms with Crippen LogP contribution in [0.4, 0.5) is 5.13 Å². The summed E-state index contributed by atoms with van der Waals surface area (Å²) >= 11 is 7.74. The Morgan fingerprint density at radius 3 is 2.61 bits per heavy atom. The van der Waals surface area contributed by atoms with Crippen LogP contribution in [0, 0.1) is 13.8 Å². The third-order valence-electron chi connectivity index (χ3n) is 4.61. The lowest BCUT2D eigenvalue weighted by Crippen LogP contribution is -2.31. The number of fused-ring (bicyclic) bond motifs is 1. The van der Waals surface area contributed by atoms with E-state index in [1.54, 1.807) is 9.58 Å². The summed E-state index contributed by atoms with van der Waals surface area (Å²) in [5.74, 6) is -0.162. The van der Waals surface area contributed by atoms with Crippen LogP contribution in [0.3, 0.4) is 0 Å². The van der Waals surface area contributed by atoms with E-state index in [0.717, 1.165) is 26.9 Å². The van der Waals surface area contributed by atoms with E-state index >= 15 is 0 Å². The third kappa shape index (κ3) is 3.41. The molecule has 0 fully saturated rings. The topological polar surface area (TPSA) is 51.0 Å². The Morgan fingerprint density at radius 2 is 1.93 bits per heavy atom. The molecule has 2 heterocycles. The van der Waals surface area contributed by atoms with Crippen molar-refractivity contribution in [3.05, 3.63) is 76.1 Å². The van der Waals surface area contributed by atoms with Crippen molar-refractivity contribution in [2.45, 2.75) is 20.4 Å². The predicted octanol–water partition coefficient (Wildman–Crippen LogP) is 5.15. The van der Waals surface area contributed by atoms with E-state index in [0.29, 0.717) is 22.4 Å². The van der Waals surface area contributed by atoms with Crippen LogP contribution < -0.4 is 4.90 Å². The van der Waals surface area contributed by atoms with Gasteiger partial charge >= 0.3 is 0 Å². The first-order valence-corrected chi connectivity index (χ1v) is 10.0. The fourth-order valence-electron chi connectivity index (χ4n) is 3.14. The van der Waals surface area contributed by atoms with Crippen molar-refractivity contribution in [3.63, 3.8) is 0 Å². The quantitative estimate of drug-likeness (QED) is 0.467. The van der Waals surface area contributed by atoms with E-state index in [1.165, 1.54) is 11.3 Å². The second-order valence-corrected chi connectivity index (χ2v) is 8.14. The van der Waals surface area contributed by atoms with Gasteiger partial charge in [0.2, 0.25) is 0 Å². The Hall–Kier alpha value is -2.70. The van der Waals surface area contributed by atoms with E-state index in [4.69, 9.17) is 16.6 Å². The highest BCUT2D eigenvalue weighted by molar-refractivity contribution is 7.22. The minimum atomic E-state index is -0.162. The molecule has 0 unspecified atom stereocenters. The third-order valence-corrected chi connectivity index (χ3v) is 6.06. The molecule has 0 aliphatic heterocycles. The number of aryl methyl sites for hydroxylation is 3. The van der Waals surface area contributed by atoms with Crippen molar-refractivity contribution in [1.82, 2.24) is 14.8 Å². The lowest BCUT2D eigenvalue weighted by atomic mass is 10.2. The van der Waals surface area contributed by atoms with Crippen molar-refractivity contribution in [3.8, 4) is 0 Å². The van der Waals surface area contributed by atoms with Crippen LogP contribution in [0.2, 0.25) is 5.02 Å². The zero-order chi connectivity index (χ0) is 19.8. The molecule has 0 saturated heterocycles. The standard InChI is InChI=1S/C21H19ClN4OS/c1-13-11-25(3)24-18(13)20(27)26(12-15-7-5-4-6-8-15)21-23-19-14(2)16(22)9-10-17(19)28-21/h4-11H,12H2,1-3H3. The summed E-state index contributed by atoms with van der Waals surface area (Å²) in [7, 11) is 1.81. The molecule has 0 saturated carbocycles. The maximum Gasteiger partial charge on any atom is 0.281 e. The minimum absolute atomic E-state index is 0.162. The van der Waals surface area contributed by atoms with Gasteiger partial charge in [0.05, 0.1) is 16.8 Å². The van der Waals surface area contributed by atoms with Gasteiger partial charge in [0.15, 0.2) is 10.8 Å². The van der Waals surface area contributed by atoms with Crippen LogP contribution in [0.25, 0.3) is 10.2 Å². The molecule has 0 N–H and O–H groups in total. The molecular formula is C21H19ClN4OS. The average Bonchev–Trinajstić information content (AvgIpc) is 3.26. The minimum Gasteiger partial charge on any atom is -0.278 e. The van der Waals surface area contributed by atoms with Gasteiger partial charge in [-0.25, -0.2) is 4.98 Å². The molecule has 2 aromatic carbocycles. The Kier molecular flexibility index (Phi) is 4.91. The fourth-order valence-corrected chi connectivity index (χ4v) is 4.32. The maximum absolute atomic E-state index is 13.4. The number of nitrogens with zero attached hydrogens (tertiary/aromatic N) is 4. The van der Waals surface area contributed by atoms with Crippen LogP contribution in [0.15, 0.2) is 48.7 Å². The number of halogens is 1. The molecule has 2 aromatic heterocycles. The number of rotatable bonds is 4. The van der Waals surface area contributed by atoms with Gasteiger partial charge in [-0.2, -0.15) is 5.10 Å². The Morgan fingerprint density at radius 1 is 1.18 bits per heavy atom. The molecule has 0 spiro atoms. The lowest BCUT2D eigenvalue weighted by Gasteiger charge is -2.19. The summed E-state index contributed by atoms with van der Waals surface area (Å²) in [6.45, 7) is 4.26. The Labute approximate surface area is 172 Å². The summed E-state index contributed by atoms with van der Waals surface area (Å²) in [5.41, 5.74) is 4.05. The number of carbonyl (C=O) groups is 1. The van der Waals surface area contributed by atoms with Gasteiger partial charge in [0.1, 0.15) is 0 Å². The molecule has 4 aromatic rings. The van der Waals surface area contributed by atoms with Crippen molar-refractivity contribution < 1.29 is 4.79 Å². The van der Waals surface area contributed by atoms with Crippen LogP contribution in [0.1, 0.15) is 27.2 Å². The number of benzene rings is 2. The highest BCUT2D eigenvalue weighted by atomic mass is 35.5. The zero-order valence-corrected chi connectivity index (χ0v) is 17.4. The number of thiazole rings is 1. The first-order valence-electron chi connectivity index (χ1n) is 8.85. The van der Waals surface area contributed by atoms with Gasteiger partial charge in [-0.15, -0.1) is 0 Å². The maximum atomic E-state index is 13.4. The first-order chi connectivity index (χ1) is 13.4. The molecule has 0 bridgehead atoms. The number of aromatic nitrogens is 3. The molecule has 0 atom stereocenters. The van der Waals surface area contributed by atoms with Gasteiger partial charge in [-0.1, -0.05) is 53.3 Å². The SMILES string of the molecule is Cc1cn(C)nc1C(=O)N(Cc1ccccc1)c1nc2c(C)c(Cl)ccc2s1. The summed E-state index contributed by atoms with van der Waals surface area (Å²) < 4.78 is 2.66. The van der Waals surface area contributed by atoms with Crippen molar-refractivity contribution in [1.29, 1.82) is 0 Å². The number of anilines is 1.